The number of oxazole rings is 1. The molecule has 2 aromatic carbocycles. The van der Waals surface area contributed by atoms with E-state index >= 15 is 0 Å². The van der Waals surface area contributed by atoms with Crippen molar-refractivity contribution in [2.45, 2.75) is 63.3 Å². The van der Waals surface area contributed by atoms with Gasteiger partial charge >= 0.3 is 0 Å². The van der Waals surface area contributed by atoms with Crippen LogP contribution in [-0.2, 0) is 19.7 Å². The van der Waals surface area contributed by atoms with Gasteiger partial charge < -0.3 is 25.1 Å². The number of nitrogens with one attached hydrogen (secondary N) is 3. The summed E-state index contributed by atoms with van der Waals surface area (Å²) in [5.74, 6) is 0.0951. The Morgan fingerprint density at radius 3 is 2.72 bits per heavy atom. The summed E-state index contributed by atoms with van der Waals surface area (Å²) in [6.45, 7) is 3.14. The highest BCUT2D eigenvalue weighted by molar-refractivity contribution is 6.07. The van der Waals surface area contributed by atoms with Crippen molar-refractivity contribution < 1.29 is 18.7 Å². The van der Waals surface area contributed by atoms with Crippen LogP contribution in [0.25, 0.3) is 11.1 Å². The maximum atomic E-state index is 13.6. The van der Waals surface area contributed by atoms with Crippen molar-refractivity contribution in [1.82, 2.24) is 4.98 Å². The highest BCUT2D eigenvalue weighted by atomic mass is 16.5. The van der Waals surface area contributed by atoms with Crippen LogP contribution in [-0.4, -0.2) is 36.1 Å². The summed E-state index contributed by atoms with van der Waals surface area (Å²) in [7, 11) is 0. The number of para-hydroxylation sites is 1. The molecule has 36 heavy (non-hydrogen) atoms. The van der Waals surface area contributed by atoms with E-state index in [1.807, 2.05) is 43.3 Å². The molecule has 2 fully saturated rings. The molecular formula is C28H32N4O4. The second-order valence-electron chi connectivity index (χ2n) is 10.4. The second kappa shape index (κ2) is 9.24. The first-order valence-corrected chi connectivity index (χ1v) is 13.0. The molecule has 1 aliphatic carbocycles. The van der Waals surface area contributed by atoms with Gasteiger partial charge in [-0.2, -0.15) is 4.98 Å². The van der Waals surface area contributed by atoms with Crippen LogP contribution in [0.4, 0.5) is 17.4 Å². The van der Waals surface area contributed by atoms with Crippen molar-refractivity contribution in [3.8, 4) is 0 Å². The van der Waals surface area contributed by atoms with Gasteiger partial charge in [0.2, 0.25) is 11.8 Å². The van der Waals surface area contributed by atoms with Crippen LogP contribution >= 0.6 is 0 Å². The van der Waals surface area contributed by atoms with Crippen molar-refractivity contribution in [2.24, 2.45) is 5.92 Å². The Morgan fingerprint density at radius 2 is 1.94 bits per heavy atom. The Hall–Kier alpha value is -3.39. The van der Waals surface area contributed by atoms with Crippen molar-refractivity contribution in [2.75, 3.05) is 29.2 Å². The Kier molecular flexibility index (Phi) is 5.91. The van der Waals surface area contributed by atoms with E-state index in [0.717, 1.165) is 53.6 Å². The third-order valence-electron chi connectivity index (χ3n) is 8.13. The van der Waals surface area contributed by atoms with Crippen molar-refractivity contribution >= 4 is 40.3 Å². The molecule has 1 saturated heterocycles. The van der Waals surface area contributed by atoms with E-state index in [-0.39, 0.29) is 17.7 Å². The van der Waals surface area contributed by atoms with Crippen LogP contribution in [0.15, 0.2) is 40.8 Å². The number of aromatic nitrogens is 1. The Labute approximate surface area is 210 Å². The fourth-order valence-corrected chi connectivity index (χ4v) is 6.09. The maximum Gasteiger partial charge on any atom is 0.296 e. The van der Waals surface area contributed by atoms with Gasteiger partial charge in [-0.1, -0.05) is 37.5 Å². The largest absolute Gasteiger partial charge is 0.423 e. The van der Waals surface area contributed by atoms with Gasteiger partial charge in [-0.05, 0) is 67.9 Å². The van der Waals surface area contributed by atoms with Gasteiger partial charge in [-0.3, -0.25) is 9.59 Å². The van der Waals surface area contributed by atoms with Crippen molar-refractivity contribution in [3.05, 3.63) is 47.5 Å². The molecule has 3 heterocycles. The molecule has 6 rings (SSSR count). The number of anilines is 3. The first-order valence-electron chi connectivity index (χ1n) is 13.0. The fourth-order valence-electron chi connectivity index (χ4n) is 6.09. The Bertz CT molecular complexity index is 1300. The van der Waals surface area contributed by atoms with Crippen LogP contribution in [0, 0.1) is 12.8 Å². The highest BCUT2D eigenvalue weighted by Crippen LogP contribution is 2.45. The number of hydrogen-bond donors (Lipinski definition) is 3. The molecule has 3 aromatic rings. The van der Waals surface area contributed by atoms with Gasteiger partial charge in [0.15, 0.2) is 5.58 Å². The topological polar surface area (TPSA) is 105 Å². The summed E-state index contributed by atoms with van der Waals surface area (Å²) in [4.78, 5) is 31.1. The van der Waals surface area contributed by atoms with Gasteiger partial charge in [-0.15, -0.1) is 0 Å². The standard InChI is InChI=1S/C28H32N4O4/c1-17-6-5-9-21-24(17)36-27(31-21)32-23(18-7-3-2-4-8-18)25(33)29-19-10-11-20-22(16-19)30-26(34)28(20)12-14-35-15-13-28/h5-6,9-11,16,18,23H,2-4,7-8,12-15H2,1H3,(H,29,33)(H,30,34)(H,31,32)/t23-/m0/s1. The quantitative estimate of drug-likeness (QED) is 0.459. The minimum absolute atomic E-state index is 0.0253. The van der Waals surface area contributed by atoms with Crippen LogP contribution < -0.4 is 16.0 Å². The lowest BCUT2D eigenvalue weighted by Gasteiger charge is -2.31. The predicted molar refractivity (Wildman–Crippen MR) is 138 cm³/mol. The first kappa shape index (κ1) is 23.0. The molecule has 0 unspecified atom stereocenters. The molecule has 0 radical (unpaired) electrons. The summed E-state index contributed by atoms with van der Waals surface area (Å²) in [5, 5.41) is 9.45. The van der Waals surface area contributed by atoms with E-state index in [2.05, 4.69) is 20.9 Å². The molecule has 2 aliphatic heterocycles. The molecule has 3 N–H and O–H groups in total. The van der Waals surface area contributed by atoms with Crippen molar-refractivity contribution in [3.63, 3.8) is 0 Å². The first-order chi connectivity index (χ1) is 17.5. The minimum Gasteiger partial charge on any atom is -0.423 e. The zero-order valence-corrected chi connectivity index (χ0v) is 20.6. The highest BCUT2D eigenvalue weighted by Gasteiger charge is 2.47. The third-order valence-corrected chi connectivity index (χ3v) is 8.13. The van der Waals surface area contributed by atoms with E-state index in [1.165, 1.54) is 6.42 Å². The average molecular weight is 489 g/mol. The van der Waals surface area contributed by atoms with Gasteiger partial charge in [-0.25, -0.2) is 0 Å². The number of benzene rings is 2. The lowest BCUT2D eigenvalue weighted by molar-refractivity contribution is -0.124. The number of rotatable bonds is 5. The second-order valence-corrected chi connectivity index (χ2v) is 10.4. The zero-order chi connectivity index (χ0) is 24.7. The molecule has 0 bridgehead atoms. The number of carbonyl (C=O) groups excluding carboxylic acids is 2. The van der Waals surface area contributed by atoms with E-state index in [1.54, 1.807) is 0 Å². The maximum absolute atomic E-state index is 13.6. The van der Waals surface area contributed by atoms with E-state index in [4.69, 9.17) is 9.15 Å². The fraction of sp³-hybridized carbons (Fsp3) is 0.464. The molecule has 1 saturated carbocycles. The monoisotopic (exact) mass is 488 g/mol. The number of amides is 2. The Morgan fingerprint density at radius 1 is 1.14 bits per heavy atom. The van der Waals surface area contributed by atoms with E-state index in [0.29, 0.717) is 37.8 Å². The predicted octanol–water partition coefficient (Wildman–Crippen LogP) is 5.14. The van der Waals surface area contributed by atoms with E-state index < -0.39 is 11.5 Å². The van der Waals surface area contributed by atoms with Gasteiger partial charge in [0.1, 0.15) is 11.6 Å². The van der Waals surface area contributed by atoms with Crippen LogP contribution in [0.2, 0.25) is 0 Å². The number of fused-ring (bicyclic) bond motifs is 3. The lowest BCUT2D eigenvalue weighted by Crippen LogP contribution is -2.41. The molecular weight excluding hydrogens is 456 g/mol. The molecule has 8 heteroatoms. The summed E-state index contributed by atoms with van der Waals surface area (Å²) >= 11 is 0. The smallest absolute Gasteiger partial charge is 0.296 e. The van der Waals surface area contributed by atoms with Gasteiger partial charge in [0, 0.05) is 24.6 Å². The molecule has 188 valence electrons. The summed E-state index contributed by atoms with van der Waals surface area (Å²) < 4.78 is 11.5. The number of nitrogens with zero attached hydrogens (tertiary/aromatic N) is 1. The number of aryl methyl sites for hydroxylation is 1. The summed E-state index contributed by atoms with van der Waals surface area (Å²) in [6, 6.07) is 11.5. The van der Waals surface area contributed by atoms with Crippen LogP contribution in [0.5, 0.6) is 0 Å². The SMILES string of the molecule is Cc1cccc2nc(N[C@H](C(=O)Nc3ccc4c(c3)NC(=O)C43CCOCC3)C3CCCCC3)oc12. The van der Waals surface area contributed by atoms with Gasteiger partial charge in [0.25, 0.3) is 6.01 Å². The molecule has 2 amide bonds. The minimum atomic E-state index is -0.520. The van der Waals surface area contributed by atoms with Crippen molar-refractivity contribution in [1.29, 1.82) is 0 Å². The molecule has 8 nitrogen and oxygen atoms in total. The van der Waals surface area contributed by atoms with Gasteiger partial charge in [0.05, 0.1) is 5.41 Å². The number of hydrogen-bond acceptors (Lipinski definition) is 6. The normalized spacial score (nSPS) is 20.2. The summed E-state index contributed by atoms with van der Waals surface area (Å²) in [6.07, 6.45) is 6.73. The lowest BCUT2D eigenvalue weighted by atomic mass is 9.75. The number of carbonyl (C=O) groups is 2. The zero-order valence-electron chi connectivity index (χ0n) is 20.6. The third kappa shape index (κ3) is 4.03. The van der Waals surface area contributed by atoms with Crippen LogP contribution in [0.3, 0.4) is 0 Å². The molecule has 1 spiro atoms. The summed E-state index contributed by atoms with van der Waals surface area (Å²) in [5.41, 5.74) is 4.44. The van der Waals surface area contributed by atoms with E-state index in [9.17, 15) is 9.59 Å². The Balaban J connectivity index is 1.24. The number of ether oxygens (including phenoxy) is 1. The molecule has 1 atom stereocenters. The molecule has 3 aliphatic rings. The average Bonchev–Trinajstić information content (AvgIpc) is 3.43. The molecule has 1 aromatic heterocycles. The van der Waals surface area contributed by atoms with Crippen LogP contribution in [0.1, 0.15) is 56.1 Å².